The van der Waals surface area contributed by atoms with Crippen LogP contribution in [-0.2, 0) is 14.3 Å². The monoisotopic (exact) mass is 304 g/mol. The van der Waals surface area contributed by atoms with E-state index in [0.29, 0.717) is 24.5 Å². The third kappa shape index (κ3) is 5.77. The number of benzene rings is 1. The van der Waals surface area contributed by atoms with Gasteiger partial charge in [-0.15, -0.1) is 0 Å². The molecule has 0 aliphatic rings. The standard InChI is InChI=1S/C13H20O6S/c1-10(14)11-5-6-12(13(9-11)17-2)18-7-4-8-19-20(3,15)16/h5-6,9-10,14H,4,7-8H2,1-3H3. The molecule has 20 heavy (non-hydrogen) atoms. The van der Waals surface area contributed by atoms with Crippen molar-refractivity contribution in [2.45, 2.75) is 19.4 Å². The molecule has 1 unspecified atom stereocenters. The Balaban J connectivity index is 2.51. The average molecular weight is 304 g/mol. The van der Waals surface area contributed by atoms with Gasteiger partial charge >= 0.3 is 0 Å². The predicted octanol–water partition coefficient (Wildman–Crippen LogP) is 1.49. The number of aliphatic hydroxyl groups excluding tert-OH is 1. The fourth-order valence-electron chi connectivity index (χ4n) is 1.51. The molecule has 7 heteroatoms. The number of methoxy groups -OCH3 is 1. The number of rotatable bonds is 8. The van der Waals surface area contributed by atoms with Gasteiger partial charge in [-0.05, 0) is 24.6 Å². The molecule has 1 aromatic rings. The van der Waals surface area contributed by atoms with Gasteiger partial charge in [0.2, 0.25) is 0 Å². The minimum absolute atomic E-state index is 0.0763. The van der Waals surface area contributed by atoms with Crippen LogP contribution >= 0.6 is 0 Å². The minimum atomic E-state index is -3.41. The number of hydrogen-bond acceptors (Lipinski definition) is 6. The maximum Gasteiger partial charge on any atom is 0.264 e. The Labute approximate surface area is 119 Å². The summed E-state index contributed by atoms with van der Waals surface area (Å²) in [5, 5.41) is 9.49. The van der Waals surface area contributed by atoms with Crippen molar-refractivity contribution in [2.24, 2.45) is 0 Å². The predicted molar refractivity (Wildman–Crippen MR) is 74.5 cm³/mol. The van der Waals surface area contributed by atoms with E-state index in [-0.39, 0.29) is 6.61 Å². The van der Waals surface area contributed by atoms with Crippen molar-refractivity contribution in [1.29, 1.82) is 0 Å². The number of hydrogen-bond donors (Lipinski definition) is 1. The lowest BCUT2D eigenvalue weighted by atomic mass is 10.1. The van der Waals surface area contributed by atoms with Crippen LogP contribution in [-0.4, -0.2) is 40.1 Å². The fourth-order valence-corrected chi connectivity index (χ4v) is 1.94. The molecule has 1 N–H and O–H groups in total. The molecular weight excluding hydrogens is 284 g/mol. The normalized spacial score (nSPS) is 13.0. The van der Waals surface area contributed by atoms with Crippen LogP contribution in [0.5, 0.6) is 11.5 Å². The molecule has 0 fully saturated rings. The van der Waals surface area contributed by atoms with Crippen LogP contribution < -0.4 is 9.47 Å². The van der Waals surface area contributed by atoms with Gasteiger partial charge in [0.1, 0.15) is 0 Å². The molecule has 0 aromatic heterocycles. The molecule has 0 amide bonds. The number of ether oxygens (including phenoxy) is 2. The van der Waals surface area contributed by atoms with Crippen molar-refractivity contribution in [3.63, 3.8) is 0 Å². The topological polar surface area (TPSA) is 82.1 Å². The molecule has 1 aromatic carbocycles. The van der Waals surface area contributed by atoms with Crippen LogP contribution in [0.25, 0.3) is 0 Å². The Kier molecular flexibility index (Phi) is 6.25. The second-order valence-electron chi connectivity index (χ2n) is 4.31. The highest BCUT2D eigenvalue weighted by Gasteiger charge is 2.09. The molecule has 0 radical (unpaired) electrons. The molecule has 0 bridgehead atoms. The maximum absolute atomic E-state index is 10.8. The van der Waals surface area contributed by atoms with Crippen molar-refractivity contribution in [2.75, 3.05) is 26.6 Å². The molecule has 114 valence electrons. The molecule has 0 heterocycles. The summed E-state index contributed by atoms with van der Waals surface area (Å²) in [6.07, 6.45) is 0.862. The third-order valence-electron chi connectivity index (χ3n) is 2.51. The summed E-state index contributed by atoms with van der Waals surface area (Å²) < 4.78 is 36.8. The zero-order chi connectivity index (χ0) is 15.2. The van der Waals surface area contributed by atoms with Crippen molar-refractivity contribution >= 4 is 10.1 Å². The van der Waals surface area contributed by atoms with Gasteiger partial charge in [0.05, 0.1) is 32.7 Å². The Morgan fingerprint density at radius 3 is 2.50 bits per heavy atom. The van der Waals surface area contributed by atoms with E-state index >= 15 is 0 Å². The largest absolute Gasteiger partial charge is 0.493 e. The van der Waals surface area contributed by atoms with Crippen molar-refractivity contribution in [3.8, 4) is 11.5 Å². The first-order valence-corrected chi connectivity index (χ1v) is 7.98. The summed E-state index contributed by atoms with van der Waals surface area (Å²) >= 11 is 0. The fraction of sp³-hybridized carbons (Fsp3) is 0.538. The Morgan fingerprint density at radius 2 is 1.95 bits per heavy atom. The Morgan fingerprint density at radius 1 is 1.25 bits per heavy atom. The summed E-state index contributed by atoms with van der Waals surface area (Å²) in [4.78, 5) is 0. The molecule has 0 aliphatic heterocycles. The van der Waals surface area contributed by atoms with Crippen LogP contribution in [0, 0.1) is 0 Å². The first-order valence-electron chi connectivity index (χ1n) is 6.16. The van der Waals surface area contributed by atoms with E-state index in [1.165, 1.54) is 7.11 Å². The van der Waals surface area contributed by atoms with E-state index < -0.39 is 16.2 Å². The van der Waals surface area contributed by atoms with Crippen LogP contribution in [0.1, 0.15) is 25.0 Å². The lowest BCUT2D eigenvalue weighted by Crippen LogP contribution is -2.08. The summed E-state index contributed by atoms with van der Waals surface area (Å²) in [5.41, 5.74) is 0.731. The molecular formula is C13H20O6S. The highest BCUT2D eigenvalue weighted by Crippen LogP contribution is 2.30. The van der Waals surface area contributed by atoms with Crippen LogP contribution in [0.15, 0.2) is 18.2 Å². The first-order chi connectivity index (χ1) is 9.33. The summed E-state index contributed by atoms with van der Waals surface area (Å²) in [6, 6.07) is 5.15. The van der Waals surface area contributed by atoms with Gasteiger partial charge in [0.25, 0.3) is 10.1 Å². The second-order valence-corrected chi connectivity index (χ2v) is 5.96. The Bertz CT molecular complexity index is 524. The Hall–Kier alpha value is -1.31. The van der Waals surface area contributed by atoms with E-state index in [9.17, 15) is 13.5 Å². The molecule has 0 saturated heterocycles. The minimum Gasteiger partial charge on any atom is -0.493 e. The van der Waals surface area contributed by atoms with Gasteiger partial charge in [-0.2, -0.15) is 8.42 Å². The zero-order valence-electron chi connectivity index (χ0n) is 11.8. The molecule has 1 rings (SSSR count). The SMILES string of the molecule is COc1cc(C(C)O)ccc1OCCCOS(C)(=O)=O. The molecule has 0 spiro atoms. The van der Waals surface area contributed by atoms with Gasteiger partial charge in [0, 0.05) is 6.42 Å². The smallest absolute Gasteiger partial charge is 0.264 e. The van der Waals surface area contributed by atoms with Crippen molar-refractivity contribution in [1.82, 2.24) is 0 Å². The van der Waals surface area contributed by atoms with E-state index in [1.54, 1.807) is 25.1 Å². The van der Waals surface area contributed by atoms with Gasteiger partial charge in [0.15, 0.2) is 11.5 Å². The number of aliphatic hydroxyl groups is 1. The molecule has 0 saturated carbocycles. The summed E-state index contributed by atoms with van der Waals surface area (Å²) in [6.45, 7) is 2.05. The first kappa shape index (κ1) is 16.7. The van der Waals surface area contributed by atoms with E-state index in [4.69, 9.17) is 9.47 Å². The van der Waals surface area contributed by atoms with Crippen molar-refractivity contribution < 1.29 is 27.2 Å². The molecule has 1 atom stereocenters. The highest BCUT2D eigenvalue weighted by atomic mass is 32.2. The van der Waals surface area contributed by atoms with Crippen LogP contribution in [0.2, 0.25) is 0 Å². The van der Waals surface area contributed by atoms with Gasteiger partial charge < -0.3 is 14.6 Å². The van der Waals surface area contributed by atoms with Gasteiger partial charge in [-0.3, -0.25) is 4.18 Å². The molecule has 0 aliphatic carbocycles. The van der Waals surface area contributed by atoms with Crippen LogP contribution in [0.3, 0.4) is 0 Å². The van der Waals surface area contributed by atoms with E-state index in [2.05, 4.69) is 4.18 Å². The van der Waals surface area contributed by atoms with E-state index in [1.807, 2.05) is 0 Å². The third-order valence-corrected chi connectivity index (χ3v) is 3.11. The maximum atomic E-state index is 10.8. The second kappa shape index (κ2) is 7.47. The van der Waals surface area contributed by atoms with Crippen LogP contribution in [0.4, 0.5) is 0 Å². The zero-order valence-corrected chi connectivity index (χ0v) is 12.6. The lowest BCUT2D eigenvalue weighted by molar-refractivity contribution is 0.198. The average Bonchev–Trinajstić information content (AvgIpc) is 2.36. The van der Waals surface area contributed by atoms with Gasteiger partial charge in [-0.1, -0.05) is 6.07 Å². The molecule has 6 nitrogen and oxygen atoms in total. The highest BCUT2D eigenvalue weighted by molar-refractivity contribution is 7.85. The van der Waals surface area contributed by atoms with Crippen molar-refractivity contribution in [3.05, 3.63) is 23.8 Å². The summed E-state index contributed by atoms with van der Waals surface area (Å²) in [5.74, 6) is 1.06. The van der Waals surface area contributed by atoms with E-state index in [0.717, 1.165) is 11.8 Å². The summed E-state index contributed by atoms with van der Waals surface area (Å²) in [7, 11) is -1.89. The van der Waals surface area contributed by atoms with Gasteiger partial charge in [-0.25, -0.2) is 0 Å². The lowest BCUT2D eigenvalue weighted by Gasteiger charge is -2.13. The quantitative estimate of drug-likeness (QED) is 0.579.